The van der Waals surface area contributed by atoms with Crippen molar-refractivity contribution in [3.8, 4) is 0 Å². The normalized spacial score (nSPS) is 11.2. The highest BCUT2D eigenvalue weighted by Gasteiger charge is 2.10. The van der Waals surface area contributed by atoms with Gasteiger partial charge in [0.2, 0.25) is 0 Å². The molecule has 3 heteroatoms. The molecule has 1 aromatic heterocycles. The Morgan fingerprint density at radius 2 is 1.76 bits per heavy atom. The van der Waals surface area contributed by atoms with E-state index in [4.69, 9.17) is 10.7 Å². The molecule has 0 aliphatic rings. The molecule has 1 heterocycles. The lowest BCUT2D eigenvalue weighted by Crippen LogP contribution is -2.11. The van der Waals surface area contributed by atoms with Gasteiger partial charge < -0.3 is 10.3 Å². The van der Waals surface area contributed by atoms with Crippen molar-refractivity contribution in [3.05, 3.63) is 65.0 Å². The Kier molecular flexibility index (Phi) is 3.76. The van der Waals surface area contributed by atoms with Gasteiger partial charge in [-0.15, -0.1) is 0 Å². The van der Waals surface area contributed by atoms with Crippen molar-refractivity contribution >= 4 is 11.0 Å². The molecule has 3 nitrogen and oxygen atoms in total. The van der Waals surface area contributed by atoms with E-state index in [0.717, 1.165) is 24.3 Å². The van der Waals surface area contributed by atoms with E-state index in [0.29, 0.717) is 6.54 Å². The Morgan fingerprint density at radius 1 is 1.05 bits per heavy atom. The van der Waals surface area contributed by atoms with Crippen molar-refractivity contribution in [1.82, 2.24) is 9.55 Å². The largest absolute Gasteiger partial charge is 0.330 e. The summed E-state index contributed by atoms with van der Waals surface area (Å²) in [5.41, 5.74) is 11.9. The van der Waals surface area contributed by atoms with Crippen molar-refractivity contribution in [1.29, 1.82) is 0 Å². The molecule has 0 bridgehead atoms. The van der Waals surface area contributed by atoms with Gasteiger partial charge in [-0.25, -0.2) is 4.98 Å². The summed E-state index contributed by atoms with van der Waals surface area (Å²) in [6.07, 6.45) is 0.805. The van der Waals surface area contributed by atoms with Gasteiger partial charge in [0.25, 0.3) is 0 Å². The fraction of sp³-hybridized carbons (Fsp3) is 0.278. The lowest BCUT2D eigenvalue weighted by molar-refractivity contribution is 0.734. The van der Waals surface area contributed by atoms with Crippen LogP contribution in [0.25, 0.3) is 11.0 Å². The van der Waals surface area contributed by atoms with Gasteiger partial charge in [-0.2, -0.15) is 0 Å². The van der Waals surface area contributed by atoms with Crippen LogP contribution in [-0.4, -0.2) is 16.1 Å². The second-order valence-corrected chi connectivity index (χ2v) is 5.64. The van der Waals surface area contributed by atoms with Crippen LogP contribution in [0.15, 0.2) is 42.5 Å². The minimum Gasteiger partial charge on any atom is -0.330 e. The molecule has 0 aliphatic carbocycles. The number of hydrogen-bond donors (Lipinski definition) is 1. The van der Waals surface area contributed by atoms with Gasteiger partial charge >= 0.3 is 0 Å². The first-order chi connectivity index (χ1) is 10.2. The zero-order valence-electron chi connectivity index (χ0n) is 12.6. The summed E-state index contributed by atoms with van der Waals surface area (Å²) in [7, 11) is 0. The van der Waals surface area contributed by atoms with Crippen molar-refractivity contribution in [3.63, 3.8) is 0 Å². The molecular weight excluding hydrogens is 258 g/mol. The molecule has 108 valence electrons. The third kappa shape index (κ3) is 2.83. The van der Waals surface area contributed by atoms with Crippen molar-refractivity contribution in [2.75, 3.05) is 6.54 Å². The third-order valence-electron chi connectivity index (χ3n) is 3.72. The van der Waals surface area contributed by atoms with E-state index < -0.39 is 0 Å². The summed E-state index contributed by atoms with van der Waals surface area (Å²) in [6.45, 7) is 5.75. The Morgan fingerprint density at radius 3 is 2.48 bits per heavy atom. The summed E-state index contributed by atoms with van der Waals surface area (Å²) in [5.74, 6) is 1.07. The summed E-state index contributed by atoms with van der Waals surface area (Å²) >= 11 is 0. The van der Waals surface area contributed by atoms with Crippen LogP contribution < -0.4 is 5.73 Å². The standard InChI is InChI=1S/C18H21N3/c1-13-9-14(2)11-15(10-13)12-21-17-6-4-3-5-16(17)20-18(21)7-8-19/h3-6,9-11H,7-8,12,19H2,1-2H3. The van der Waals surface area contributed by atoms with E-state index in [-0.39, 0.29) is 0 Å². The molecule has 3 rings (SSSR count). The fourth-order valence-corrected chi connectivity index (χ4v) is 2.96. The highest BCUT2D eigenvalue weighted by Crippen LogP contribution is 2.19. The lowest BCUT2D eigenvalue weighted by Gasteiger charge is -2.10. The van der Waals surface area contributed by atoms with Crippen LogP contribution in [0.1, 0.15) is 22.5 Å². The van der Waals surface area contributed by atoms with E-state index >= 15 is 0 Å². The molecule has 2 aromatic carbocycles. The number of aromatic nitrogens is 2. The van der Waals surface area contributed by atoms with E-state index in [1.807, 2.05) is 6.07 Å². The lowest BCUT2D eigenvalue weighted by atomic mass is 10.1. The maximum atomic E-state index is 5.74. The molecule has 0 spiro atoms. The molecule has 2 N–H and O–H groups in total. The van der Waals surface area contributed by atoms with E-state index in [2.05, 4.69) is 54.8 Å². The molecule has 0 radical (unpaired) electrons. The predicted octanol–water partition coefficient (Wildman–Crippen LogP) is 3.20. The van der Waals surface area contributed by atoms with E-state index in [9.17, 15) is 0 Å². The first kappa shape index (κ1) is 13.8. The first-order valence-corrected chi connectivity index (χ1v) is 7.39. The fourth-order valence-electron chi connectivity index (χ4n) is 2.96. The first-order valence-electron chi connectivity index (χ1n) is 7.39. The number of hydrogen-bond acceptors (Lipinski definition) is 2. The Hall–Kier alpha value is -2.13. The SMILES string of the molecule is Cc1cc(C)cc(Cn2c(CCN)nc3ccccc32)c1. The summed E-state index contributed by atoms with van der Waals surface area (Å²) in [4.78, 5) is 4.73. The summed E-state index contributed by atoms with van der Waals surface area (Å²) < 4.78 is 2.29. The average molecular weight is 279 g/mol. The molecule has 0 saturated carbocycles. The smallest absolute Gasteiger partial charge is 0.111 e. The number of fused-ring (bicyclic) bond motifs is 1. The van der Waals surface area contributed by atoms with Crippen LogP contribution in [0.2, 0.25) is 0 Å². The van der Waals surface area contributed by atoms with Gasteiger partial charge in [-0.1, -0.05) is 41.5 Å². The highest BCUT2D eigenvalue weighted by atomic mass is 15.1. The van der Waals surface area contributed by atoms with Crippen molar-refractivity contribution in [2.24, 2.45) is 5.73 Å². The van der Waals surface area contributed by atoms with Crippen LogP contribution >= 0.6 is 0 Å². The van der Waals surface area contributed by atoms with Crippen LogP contribution in [0.5, 0.6) is 0 Å². The second kappa shape index (κ2) is 5.70. The Labute approximate surface area is 125 Å². The van der Waals surface area contributed by atoms with Crippen LogP contribution in [0, 0.1) is 13.8 Å². The van der Waals surface area contributed by atoms with Gasteiger partial charge in [0.15, 0.2) is 0 Å². The van der Waals surface area contributed by atoms with Crippen LogP contribution in [0.4, 0.5) is 0 Å². The van der Waals surface area contributed by atoms with E-state index in [1.54, 1.807) is 0 Å². The maximum absolute atomic E-state index is 5.74. The third-order valence-corrected chi connectivity index (χ3v) is 3.72. The van der Waals surface area contributed by atoms with Crippen LogP contribution in [0.3, 0.4) is 0 Å². The zero-order valence-corrected chi connectivity index (χ0v) is 12.6. The molecule has 21 heavy (non-hydrogen) atoms. The minimum absolute atomic E-state index is 0.621. The minimum atomic E-state index is 0.621. The number of rotatable bonds is 4. The van der Waals surface area contributed by atoms with Crippen molar-refractivity contribution in [2.45, 2.75) is 26.8 Å². The monoisotopic (exact) mass is 279 g/mol. The quantitative estimate of drug-likeness (QED) is 0.797. The van der Waals surface area contributed by atoms with Gasteiger partial charge in [0.1, 0.15) is 5.82 Å². The van der Waals surface area contributed by atoms with Gasteiger partial charge in [0, 0.05) is 13.0 Å². The molecule has 0 atom stereocenters. The molecule has 0 fully saturated rings. The Balaban J connectivity index is 2.07. The predicted molar refractivity (Wildman–Crippen MR) is 87.5 cm³/mol. The molecule has 0 unspecified atom stereocenters. The maximum Gasteiger partial charge on any atom is 0.111 e. The molecule has 0 amide bonds. The summed E-state index contributed by atoms with van der Waals surface area (Å²) in [6, 6.07) is 15.0. The topological polar surface area (TPSA) is 43.8 Å². The number of aryl methyl sites for hydroxylation is 2. The van der Waals surface area contributed by atoms with Gasteiger partial charge in [0.05, 0.1) is 11.0 Å². The number of benzene rings is 2. The van der Waals surface area contributed by atoms with Gasteiger partial charge in [-0.05, 0) is 38.1 Å². The van der Waals surface area contributed by atoms with E-state index in [1.165, 1.54) is 22.2 Å². The number of para-hydroxylation sites is 2. The van der Waals surface area contributed by atoms with Gasteiger partial charge in [-0.3, -0.25) is 0 Å². The zero-order chi connectivity index (χ0) is 14.8. The number of nitrogens with zero attached hydrogens (tertiary/aromatic N) is 2. The second-order valence-electron chi connectivity index (χ2n) is 5.64. The number of nitrogens with two attached hydrogens (primary N) is 1. The molecule has 0 saturated heterocycles. The highest BCUT2D eigenvalue weighted by molar-refractivity contribution is 5.76. The average Bonchev–Trinajstić information content (AvgIpc) is 2.76. The molecule has 3 aromatic rings. The molecule has 0 aliphatic heterocycles. The van der Waals surface area contributed by atoms with Crippen molar-refractivity contribution < 1.29 is 0 Å². The van der Waals surface area contributed by atoms with Crippen LogP contribution in [-0.2, 0) is 13.0 Å². The Bertz CT molecular complexity index is 751. The molecular formula is C18H21N3. The number of imidazole rings is 1. The summed E-state index contributed by atoms with van der Waals surface area (Å²) in [5, 5.41) is 0.